The van der Waals surface area contributed by atoms with E-state index in [1.165, 1.54) is 28.7 Å². The largest absolute Gasteiger partial charge is 0.348 e. The Morgan fingerprint density at radius 2 is 1.80 bits per heavy atom. The zero-order valence-corrected chi connectivity index (χ0v) is 14.5. The van der Waals surface area contributed by atoms with Crippen LogP contribution in [0.15, 0.2) is 0 Å². The quantitative estimate of drug-likeness (QED) is 0.720. The van der Waals surface area contributed by atoms with Gasteiger partial charge in [-0.05, 0) is 47.0 Å². The molecule has 0 aromatic carbocycles. The van der Waals surface area contributed by atoms with Crippen molar-refractivity contribution in [3.05, 3.63) is 10.6 Å². The normalized spacial score (nSPS) is 11.3. The zero-order chi connectivity index (χ0) is 15.0. The van der Waals surface area contributed by atoms with Gasteiger partial charge >= 0.3 is 0 Å². The number of thiazole rings is 1. The van der Waals surface area contributed by atoms with Crippen LogP contribution in [-0.4, -0.2) is 49.7 Å². The monoisotopic (exact) mass is 298 g/mol. The fourth-order valence-electron chi connectivity index (χ4n) is 2.29. The summed E-state index contributed by atoms with van der Waals surface area (Å²) in [4.78, 5) is 11.0. The van der Waals surface area contributed by atoms with Crippen LogP contribution in [0.5, 0.6) is 0 Å². The van der Waals surface area contributed by atoms with Crippen molar-refractivity contribution < 1.29 is 0 Å². The van der Waals surface area contributed by atoms with Crippen molar-refractivity contribution in [2.24, 2.45) is 0 Å². The molecule has 0 aliphatic carbocycles. The van der Waals surface area contributed by atoms with Crippen molar-refractivity contribution in [3.63, 3.8) is 0 Å². The van der Waals surface area contributed by atoms with Gasteiger partial charge in [-0.1, -0.05) is 13.8 Å². The molecule has 1 rings (SSSR count). The first-order chi connectivity index (χ1) is 9.65. The van der Waals surface area contributed by atoms with E-state index in [0.29, 0.717) is 0 Å². The van der Waals surface area contributed by atoms with Crippen LogP contribution in [-0.2, 0) is 6.54 Å². The Bertz CT molecular complexity index is 374. The number of anilines is 1. The Balaban J connectivity index is 2.55. The highest BCUT2D eigenvalue weighted by molar-refractivity contribution is 7.15. The third-order valence-electron chi connectivity index (χ3n) is 3.67. The topological polar surface area (TPSA) is 31.4 Å². The third kappa shape index (κ3) is 5.04. The first kappa shape index (κ1) is 17.4. The van der Waals surface area contributed by atoms with Gasteiger partial charge in [0.25, 0.3) is 0 Å². The van der Waals surface area contributed by atoms with Gasteiger partial charge in [0, 0.05) is 24.5 Å². The predicted molar refractivity (Wildman–Crippen MR) is 89.9 cm³/mol. The maximum Gasteiger partial charge on any atom is 0.185 e. The number of hydrogen-bond donors (Lipinski definition) is 1. The van der Waals surface area contributed by atoms with Gasteiger partial charge in [-0.2, -0.15) is 0 Å². The van der Waals surface area contributed by atoms with E-state index >= 15 is 0 Å². The number of nitrogens with one attached hydrogen (secondary N) is 1. The molecule has 0 unspecified atom stereocenters. The van der Waals surface area contributed by atoms with Crippen molar-refractivity contribution in [1.82, 2.24) is 15.2 Å². The van der Waals surface area contributed by atoms with Crippen LogP contribution in [0.3, 0.4) is 0 Å². The first-order valence-corrected chi connectivity index (χ1v) is 8.56. The molecule has 20 heavy (non-hydrogen) atoms. The van der Waals surface area contributed by atoms with Crippen LogP contribution < -0.4 is 10.2 Å². The van der Waals surface area contributed by atoms with Crippen LogP contribution in [0.2, 0.25) is 0 Å². The minimum absolute atomic E-state index is 0.917. The second kappa shape index (κ2) is 9.32. The molecular weight excluding hydrogens is 268 g/mol. The van der Waals surface area contributed by atoms with E-state index in [0.717, 1.165) is 32.7 Å². The molecule has 0 spiro atoms. The molecule has 0 saturated heterocycles. The summed E-state index contributed by atoms with van der Waals surface area (Å²) in [6.07, 6.45) is 1.20. The van der Waals surface area contributed by atoms with Crippen molar-refractivity contribution in [1.29, 1.82) is 0 Å². The molecule has 1 N–H and O–H groups in total. The summed E-state index contributed by atoms with van der Waals surface area (Å²) in [5, 5.41) is 4.39. The lowest BCUT2D eigenvalue weighted by Gasteiger charge is -2.23. The van der Waals surface area contributed by atoms with Gasteiger partial charge in [-0.15, -0.1) is 11.3 Å². The molecule has 5 heteroatoms. The summed E-state index contributed by atoms with van der Waals surface area (Å²) in [6, 6.07) is 0. The van der Waals surface area contributed by atoms with Crippen molar-refractivity contribution in [3.8, 4) is 0 Å². The third-order valence-corrected chi connectivity index (χ3v) is 4.89. The van der Waals surface area contributed by atoms with Gasteiger partial charge in [0.05, 0.1) is 5.69 Å². The average Bonchev–Trinajstić information content (AvgIpc) is 2.81. The van der Waals surface area contributed by atoms with Crippen molar-refractivity contribution in [2.45, 2.75) is 40.7 Å². The lowest BCUT2D eigenvalue weighted by Crippen LogP contribution is -2.29. The molecule has 0 radical (unpaired) electrons. The second-order valence-corrected chi connectivity index (χ2v) is 6.06. The average molecular weight is 298 g/mol. The molecule has 0 aliphatic heterocycles. The second-order valence-electron chi connectivity index (χ2n) is 5.00. The molecule has 0 atom stereocenters. The fraction of sp³-hybridized carbons (Fsp3) is 0.800. The molecule has 4 nitrogen and oxygen atoms in total. The zero-order valence-electron chi connectivity index (χ0n) is 13.7. The lowest BCUT2D eigenvalue weighted by molar-refractivity contribution is 0.301. The summed E-state index contributed by atoms with van der Waals surface area (Å²) in [6.45, 7) is 15.3. The highest BCUT2D eigenvalue weighted by Gasteiger charge is 2.12. The number of aromatic nitrogens is 1. The molecule has 0 amide bonds. The molecule has 116 valence electrons. The standard InChI is InChI=1S/C15H30N4S/c1-6-18(7-2)10-9-11-19(8-3)15-17-13(4)14(20-15)12-16-5/h16H,6-12H2,1-5H3. The van der Waals surface area contributed by atoms with E-state index < -0.39 is 0 Å². The Kier molecular flexibility index (Phi) is 8.11. The molecule has 1 aromatic rings. The summed E-state index contributed by atoms with van der Waals surface area (Å²) >= 11 is 1.83. The summed E-state index contributed by atoms with van der Waals surface area (Å²) in [5.41, 5.74) is 1.17. The molecular formula is C15H30N4S. The predicted octanol–water partition coefficient (Wildman–Crippen LogP) is 2.73. The molecule has 0 aliphatic rings. The van der Waals surface area contributed by atoms with E-state index in [1.807, 2.05) is 18.4 Å². The van der Waals surface area contributed by atoms with E-state index in [-0.39, 0.29) is 0 Å². The van der Waals surface area contributed by atoms with Gasteiger partial charge in [0.15, 0.2) is 5.13 Å². The summed E-state index contributed by atoms with van der Waals surface area (Å²) in [5.74, 6) is 0. The maximum absolute atomic E-state index is 4.73. The summed E-state index contributed by atoms with van der Waals surface area (Å²) in [7, 11) is 1.99. The minimum atomic E-state index is 0.917. The Labute approximate surface area is 128 Å². The van der Waals surface area contributed by atoms with Crippen molar-refractivity contribution >= 4 is 16.5 Å². The molecule has 0 fully saturated rings. The van der Waals surface area contributed by atoms with Crippen LogP contribution in [0, 0.1) is 6.92 Å². The molecule has 0 bridgehead atoms. The summed E-state index contributed by atoms with van der Waals surface area (Å²) < 4.78 is 0. The fourth-order valence-corrected chi connectivity index (χ4v) is 3.45. The van der Waals surface area contributed by atoms with E-state index in [9.17, 15) is 0 Å². The van der Waals surface area contributed by atoms with Crippen LogP contribution in [0.25, 0.3) is 0 Å². The van der Waals surface area contributed by atoms with Gasteiger partial charge in [0.2, 0.25) is 0 Å². The van der Waals surface area contributed by atoms with E-state index in [4.69, 9.17) is 4.98 Å². The molecule has 1 heterocycles. The number of hydrogen-bond acceptors (Lipinski definition) is 5. The Morgan fingerprint density at radius 1 is 1.10 bits per heavy atom. The Hall–Kier alpha value is -0.650. The maximum atomic E-state index is 4.73. The van der Waals surface area contributed by atoms with Crippen LogP contribution in [0.4, 0.5) is 5.13 Å². The molecule has 1 aromatic heterocycles. The number of nitrogens with zero attached hydrogens (tertiary/aromatic N) is 3. The van der Waals surface area contributed by atoms with Gasteiger partial charge < -0.3 is 15.1 Å². The van der Waals surface area contributed by atoms with E-state index in [1.54, 1.807) is 0 Å². The minimum Gasteiger partial charge on any atom is -0.348 e. The van der Waals surface area contributed by atoms with Gasteiger partial charge in [-0.3, -0.25) is 0 Å². The first-order valence-electron chi connectivity index (χ1n) is 7.74. The Morgan fingerprint density at radius 3 is 2.35 bits per heavy atom. The van der Waals surface area contributed by atoms with Crippen LogP contribution >= 0.6 is 11.3 Å². The molecule has 0 saturated carbocycles. The SMILES string of the molecule is CCN(CC)CCCN(CC)c1nc(C)c(CNC)s1. The lowest BCUT2D eigenvalue weighted by atomic mass is 10.3. The van der Waals surface area contributed by atoms with Gasteiger partial charge in [-0.25, -0.2) is 4.98 Å². The highest BCUT2D eigenvalue weighted by atomic mass is 32.1. The van der Waals surface area contributed by atoms with Crippen LogP contribution in [0.1, 0.15) is 37.8 Å². The van der Waals surface area contributed by atoms with Gasteiger partial charge in [0.1, 0.15) is 0 Å². The number of rotatable bonds is 10. The highest BCUT2D eigenvalue weighted by Crippen LogP contribution is 2.26. The number of aryl methyl sites for hydroxylation is 1. The smallest absolute Gasteiger partial charge is 0.185 e. The van der Waals surface area contributed by atoms with E-state index in [2.05, 4.69) is 42.8 Å². The van der Waals surface area contributed by atoms with Crippen molar-refractivity contribution in [2.75, 3.05) is 44.7 Å².